The molecule has 2 aromatic rings. The number of aromatic nitrogens is 2. The van der Waals surface area contributed by atoms with Gasteiger partial charge >= 0.3 is 0 Å². The number of nitrogen functional groups attached to an aromatic ring is 1. The molecule has 0 radical (unpaired) electrons. The van der Waals surface area contributed by atoms with E-state index in [9.17, 15) is 4.79 Å². The summed E-state index contributed by atoms with van der Waals surface area (Å²) in [6.45, 7) is 7.42. The van der Waals surface area contributed by atoms with Crippen molar-refractivity contribution in [3.05, 3.63) is 51.4 Å². The minimum atomic E-state index is -0.0912. The first-order valence-corrected chi connectivity index (χ1v) is 6.65. The molecule has 19 heavy (non-hydrogen) atoms. The molecule has 2 rings (SSSR count). The van der Waals surface area contributed by atoms with Gasteiger partial charge in [0.15, 0.2) is 0 Å². The molecular weight excluding hydrogens is 238 g/mol. The summed E-state index contributed by atoms with van der Waals surface area (Å²) in [6, 6.07) is 8.22. The molecule has 1 aromatic heterocycles. The highest BCUT2D eigenvalue weighted by molar-refractivity contribution is 5.40. The van der Waals surface area contributed by atoms with Gasteiger partial charge in [-0.05, 0) is 25.8 Å². The lowest BCUT2D eigenvalue weighted by atomic mass is 10.1. The van der Waals surface area contributed by atoms with Gasteiger partial charge in [0.2, 0.25) is 0 Å². The number of nitrogens with zero attached hydrogens (tertiary/aromatic N) is 2. The Bertz CT molecular complexity index is 620. The van der Waals surface area contributed by atoms with Crippen molar-refractivity contribution in [2.75, 3.05) is 5.73 Å². The fourth-order valence-corrected chi connectivity index (χ4v) is 2.25. The first-order valence-electron chi connectivity index (χ1n) is 6.65. The van der Waals surface area contributed by atoms with Gasteiger partial charge in [0.1, 0.15) is 5.69 Å². The number of nitrogens with two attached hydrogens (primary N) is 1. The largest absolute Gasteiger partial charge is 0.393 e. The molecule has 2 N–H and O–H groups in total. The fourth-order valence-electron chi connectivity index (χ4n) is 2.25. The van der Waals surface area contributed by atoms with Gasteiger partial charge in [0.05, 0.1) is 12.2 Å². The molecule has 0 aliphatic heterocycles. The Morgan fingerprint density at radius 3 is 2.32 bits per heavy atom. The van der Waals surface area contributed by atoms with Gasteiger partial charge in [-0.2, -0.15) is 0 Å². The first kappa shape index (κ1) is 13.5. The Labute approximate surface area is 113 Å². The highest BCUT2D eigenvalue weighted by Crippen LogP contribution is 2.10. The Morgan fingerprint density at radius 1 is 1.11 bits per heavy atom. The van der Waals surface area contributed by atoms with E-state index in [0.29, 0.717) is 12.2 Å². The van der Waals surface area contributed by atoms with Crippen molar-refractivity contribution >= 4 is 5.69 Å². The summed E-state index contributed by atoms with van der Waals surface area (Å²) in [5.41, 5.74) is 9.32. The summed E-state index contributed by atoms with van der Waals surface area (Å²) in [6.07, 6.45) is 0.975. The third kappa shape index (κ3) is 2.57. The molecule has 0 atom stereocenters. The molecule has 0 saturated carbocycles. The third-order valence-corrected chi connectivity index (χ3v) is 3.42. The summed E-state index contributed by atoms with van der Waals surface area (Å²) < 4.78 is 3.72. The van der Waals surface area contributed by atoms with Crippen LogP contribution >= 0.6 is 0 Å². The van der Waals surface area contributed by atoms with E-state index in [1.54, 1.807) is 4.68 Å². The molecule has 0 spiro atoms. The second-order valence-electron chi connectivity index (χ2n) is 4.97. The molecule has 4 heteroatoms. The zero-order valence-corrected chi connectivity index (χ0v) is 11.8. The molecule has 0 amide bonds. The number of rotatable bonds is 4. The van der Waals surface area contributed by atoms with Crippen molar-refractivity contribution in [2.45, 2.75) is 40.3 Å². The lowest BCUT2D eigenvalue weighted by Crippen LogP contribution is -2.24. The summed E-state index contributed by atoms with van der Waals surface area (Å²) in [4.78, 5) is 12.2. The van der Waals surface area contributed by atoms with Crippen LogP contribution in [0.25, 0.3) is 0 Å². The molecule has 1 heterocycles. The molecule has 0 saturated heterocycles. The van der Waals surface area contributed by atoms with Crippen LogP contribution in [0.5, 0.6) is 0 Å². The number of aryl methyl sites for hydroxylation is 1. The maximum Gasteiger partial charge on any atom is 0.290 e. The van der Waals surface area contributed by atoms with Gasteiger partial charge in [-0.3, -0.25) is 9.48 Å². The Balaban J connectivity index is 2.41. The lowest BCUT2D eigenvalue weighted by Gasteiger charge is -2.12. The van der Waals surface area contributed by atoms with E-state index in [2.05, 4.69) is 38.1 Å². The first-order chi connectivity index (χ1) is 9.04. The van der Waals surface area contributed by atoms with Crippen LogP contribution in [-0.2, 0) is 13.1 Å². The van der Waals surface area contributed by atoms with Crippen molar-refractivity contribution in [3.8, 4) is 0 Å². The van der Waals surface area contributed by atoms with Gasteiger partial charge < -0.3 is 5.73 Å². The summed E-state index contributed by atoms with van der Waals surface area (Å²) in [5.74, 6) is 0. The summed E-state index contributed by atoms with van der Waals surface area (Å²) >= 11 is 0. The molecule has 102 valence electrons. The van der Waals surface area contributed by atoms with Crippen LogP contribution in [0.4, 0.5) is 5.69 Å². The van der Waals surface area contributed by atoms with Crippen LogP contribution in [0.2, 0.25) is 0 Å². The van der Waals surface area contributed by atoms with Crippen LogP contribution in [0, 0.1) is 13.8 Å². The Morgan fingerprint density at radius 2 is 1.74 bits per heavy atom. The van der Waals surface area contributed by atoms with Crippen LogP contribution in [0.3, 0.4) is 0 Å². The minimum absolute atomic E-state index is 0.0912. The number of anilines is 1. The van der Waals surface area contributed by atoms with E-state index in [1.807, 2.05) is 11.6 Å². The van der Waals surface area contributed by atoms with Crippen LogP contribution < -0.4 is 11.3 Å². The van der Waals surface area contributed by atoms with Crippen molar-refractivity contribution in [3.63, 3.8) is 0 Å². The van der Waals surface area contributed by atoms with Gasteiger partial charge in [0, 0.05) is 6.54 Å². The number of hydrogen-bond acceptors (Lipinski definition) is 2. The molecule has 0 fully saturated rings. The second kappa shape index (κ2) is 5.34. The van der Waals surface area contributed by atoms with E-state index in [-0.39, 0.29) is 5.56 Å². The van der Waals surface area contributed by atoms with Crippen LogP contribution in [0.1, 0.15) is 30.2 Å². The minimum Gasteiger partial charge on any atom is -0.393 e. The van der Waals surface area contributed by atoms with Crippen molar-refractivity contribution in [1.29, 1.82) is 0 Å². The smallest absolute Gasteiger partial charge is 0.290 e. The van der Waals surface area contributed by atoms with E-state index in [1.165, 1.54) is 5.56 Å². The van der Waals surface area contributed by atoms with Gasteiger partial charge in [-0.1, -0.05) is 36.8 Å². The van der Waals surface area contributed by atoms with Crippen molar-refractivity contribution < 1.29 is 0 Å². The molecule has 0 aliphatic rings. The second-order valence-corrected chi connectivity index (χ2v) is 4.97. The zero-order chi connectivity index (χ0) is 14.0. The fraction of sp³-hybridized carbons (Fsp3) is 0.400. The normalized spacial score (nSPS) is 10.9. The maximum atomic E-state index is 12.2. The van der Waals surface area contributed by atoms with E-state index >= 15 is 0 Å². The topological polar surface area (TPSA) is 52.9 Å². The Hall–Kier alpha value is -1.97. The monoisotopic (exact) mass is 259 g/mol. The molecule has 0 aliphatic carbocycles. The zero-order valence-electron chi connectivity index (χ0n) is 11.8. The Kier molecular flexibility index (Phi) is 3.79. The highest BCUT2D eigenvalue weighted by atomic mass is 16.1. The SMILES string of the molecule is CCCn1c(C)c(N)c(=O)n1Cc1ccc(C)cc1. The molecule has 4 nitrogen and oxygen atoms in total. The van der Waals surface area contributed by atoms with Crippen molar-refractivity contribution in [2.24, 2.45) is 0 Å². The lowest BCUT2D eigenvalue weighted by molar-refractivity contribution is 0.457. The summed E-state index contributed by atoms with van der Waals surface area (Å²) in [5, 5.41) is 0. The molecular formula is C15H21N3O. The molecule has 0 unspecified atom stereocenters. The predicted molar refractivity (Wildman–Crippen MR) is 78.4 cm³/mol. The van der Waals surface area contributed by atoms with Crippen molar-refractivity contribution in [1.82, 2.24) is 9.36 Å². The quantitative estimate of drug-likeness (QED) is 0.916. The maximum absolute atomic E-state index is 12.2. The van der Waals surface area contributed by atoms with E-state index in [0.717, 1.165) is 24.2 Å². The van der Waals surface area contributed by atoms with Gasteiger partial charge in [-0.15, -0.1) is 0 Å². The number of benzene rings is 1. The molecule has 1 aromatic carbocycles. The highest BCUT2D eigenvalue weighted by Gasteiger charge is 2.13. The number of hydrogen-bond donors (Lipinski definition) is 1. The third-order valence-electron chi connectivity index (χ3n) is 3.42. The average molecular weight is 259 g/mol. The van der Waals surface area contributed by atoms with E-state index in [4.69, 9.17) is 5.73 Å². The van der Waals surface area contributed by atoms with Crippen LogP contribution in [-0.4, -0.2) is 9.36 Å². The average Bonchev–Trinajstić information content (AvgIpc) is 2.59. The van der Waals surface area contributed by atoms with Gasteiger partial charge in [-0.25, -0.2) is 4.68 Å². The van der Waals surface area contributed by atoms with E-state index < -0.39 is 0 Å². The molecule has 0 bridgehead atoms. The predicted octanol–water partition coefficient (Wildman–Crippen LogP) is 2.31. The van der Waals surface area contributed by atoms with Crippen LogP contribution in [0.15, 0.2) is 29.1 Å². The van der Waals surface area contributed by atoms with Gasteiger partial charge in [0.25, 0.3) is 5.56 Å². The standard InChI is InChI=1S/C15H21N3O/c1-4-9-17-12(3)14(16)15(19)18(17)10-13-7-5-11(2)6-8-13/h5-8H,4,9-10,16H2,1-3H3. The summed E-state index contributed by atoms with van der Waals surface area (Å²) in [7, 11) is 0.